The van der Waals surface area contributed by atoms with Crippen LogP contribution in [-0.4, -0.2) is 5.78 Å². The molecular formula is C15H16O. The van der Waals surface area contributed by atoms with Crippen LogP contribution in [0.25, 0.3) is 6.08 Å². The first-order valence-corrected chi connectivity index (χ1v) is 6.12. The van der Waals surface area contributed by atoms with Crippen molar-refractivity contribution in [3.63, 3.8) is 0 Å². The molecule has 1 unspecified atom stereocenters. The summed E-state index contributed by atoms with van der Waals surface area (Å²) in [5.74, 6) is 2.07. The van der Waals surface area contributed by atoms with Gasteiger partial charge < -0.3 is 0 Å². The molecule has 0 spiro atoms. The van der Waals surface area contributed by atoms with Gasteiger partial charge in [-0.2, -0.15) is 0 Å². The molecule has 0 aliphatic heterocycles. The number of Topliss-reactive ketones (excluding diaryl/α,β-unsaturated/α-hetero) is 1. The molecule has 16 heavy (non-hydrogen) atoms. The van der Waals surface area contributed by atoms with Crippen molar-refractivity contribution in [3.8, 4) is 0 Å². The minimum absolute atomic E-state index is 0.369. The van der Waals surface area contributed by atoms with Gasteiger partial charge in [0.15, 0.2) is 0 Å². The fourth-order valence-electron chi connectivity index (χ4n) is 2.95. The molecule has 0 bridgehead atoms. The first-order valence-electron chi connectivity index (χ1n) is 6.12. The standard InChI is InChI=1S/C15H16O/c16-14-8-4-7-12-13(15(12)14)10-9-11-5-2-1-3-6-11/h1-3,5-6,9-10,12-13,15H,4,7-8H2/b10-9+/t12-,13?,15-/m0/s1. The van der Waals surface area contributed by atoms with Gasteiger partial charge in [0, 0.05) is 12.3 Å². The number of hydrogen-bond acceptors (Lipinski definition) is 1. The average Bonchev–Trinajstić information content (AvgIpc) is 3.03. The zero-order valence-electron chi connectivity index (χ0n) is 9.30. The summed E-state index contributed by atoms with van der Waals surface area (Å²) >= 11 is 0. The monoisotopic (exact) mass is 212 g/mol. The predicted molar refractivity (Wildman–Crippen MR) is 64.8 cm³/mol. The zero-order chi connectivity index (χ0) is 11.0. The minimum Gasteiger partial charge on any atom is -0.299 e. The quantitative estimate of drug-likeness (QED) is 0.735. The first-order chi connectivity index (χ1) is 7.86. The summed E-state index contributed by atoms with van der Waals surface area (Å²) in [5.41, 5.74) is 1.23. The number of carbonyl (C=O) groups excluding carboxylic acids is 1. The Balaban J connectivity index is 1.69. The molecular weight excluding hydrogens is 196 g/mol. The van der Waals surface area contributed by atoms with Gasteiger partial charge in [0.05, 0.1) is 0 Å². The lowest BCUT2D eigenvalue weighted by atomic mass is 10.00. The normalized spacial score (nSPS) is 32.8. The molecule has 1 heteroatoms. The molecule has 1 aromatic carbocycles. The maximum Gasteiger partial charge on any atom is 0.136 e. The highest BCUT2D eigenvalue weighted by Crippen LogP contribution is 2.54. The number of carbonyl (C=O) groups is 1. The molecule has 2 aliphatic rings. The second kappa shape index (κ2) is 3.89. The summed E-state index contributed by atoms with van der Waals surface area (Å²) in [6.07, 6.45) is 7.58. The minimum atomic E-state index is 0.369. The highest BCUT2D eigenvalue weighted by atomic mass is 16.1. The molecule has 0 N–H and O–H groups in total. The molecule has 1 aromatic rings. The summed E-state index contributed by atoms with van der Waals surface area (Å²) in [5, 5.41) is 0. The van der Waals surface area contributed by atoms with Gasteiger partial charge in [-0.15, -0.1) is 0 Å². The van der Waals surface area contributed by atoms with Crippen LogP contribution in [0.5, 0.6) is 0 Å². The van der Waals surface area contributed by atoms with Crippen molar-refractivity contribution in [1.82, 2.24) is 0 Å². The van der Waals surface area contributed by atoms with Gasteiger partial charge in [-0.3, -0.25) is 4.79 Å². The molecule has 3 atom stereocenters. The largest absolute Gasteiger partial charge is 0.299 e. The zero-order valence-corrected chi connectivity index (χ0v) is 9.30. The van der Waals surface area contributed by atoms with Crippen LogP contribution in [0.1, 0.15) is 24.8 Å². The Morgan fingerprint density at radius 1 is 1.19 bits per heavy atom. The third kappa shape index (κ3) is 1.71. The fraction of sp³-hybridized carbons (Fsp3) is 0.400. The molecule has 3 rings (SSSR count). The third-order valence-corrected chi connectivity index (χ3v) is 3.87. The van der Waals surface area contributed by atoms with Gasteiger partial charge in [0.1, 0.15) is 5.78 Å². The van der Waals surface area contributed by atoms with Crippen LogP contribution in [0.15, 0.2) is 36.4 Å². The lowest BCUT2D eigenvalue weighted by Crippen LogP contribution is -2.07. The van der Waals surface area contributed by atoms with Crippen LogP contribution in [0.4, 0.5) is 0 Å². The van der Waals surface area contributed by atoms with Crippen LogP contribution in [0.2, 0.25) is 0 Å². The predicted octanol–water partition coefficient (Wildman–Crippen LogP) is 3.32. The fourth-order valence-corrected chi connectivity index (χ4v) is 2.95. The van der Waals surface area contributed by atoms with E-state index >= 15 is 0 Å². The molecule has 0 saturated heterocycles. The van der Waals surface area contributed by atoms with Crippen LogP contribution >= 0.6 is 0 Å². The molecule has 2 aliphatic carbocycles. The van der Waals surface area contributed by atoms with E-state index in [1.807, 2.05) is 18.2 Å². The summed E-state index contributed by atoms with van der Waals surface area (Å²) < 4.78 is 0. The molecule has 82 valence electrons. The lowest BCUT2D eigenvalue weighted by molar-refractivity contribution is -0.121. The van der Waals surface area contributed by atoms with Gasteiger partial charge in [-0.1, -0.05) is 42.5 Å². The summed E-state index contributed by atoms with van der Waals surface area (Å²) in [7, 11) is 0. The first kappa shape index (κ1) is 9.83. The van der Waals surface area contributed by atoms with Crippen molar-refractivity contribution in [1.29, 1.82) is 0 Å². The van der Waals surface area contributed by atoms with E-state index in [1.54, 1.807) is 0 Å². The van der Waals surface area contributed by atoms with Crippen LogP contribution in [0.3, 0.4) is 0 Å². The van der Waals surface area contributed by atoms with Crippen molar-refractivity contribution in [2.24, 2.45) is 17.8 Å². The highest BCUT2D eigenvalue weighted by Gasteiger charge is 2.53. The van der Waals surface area contributed by atoms with Crippen LogP contribution in [-0.2, 0) is 4.79 Å². The molecule has 1 nitrogen and oxygen atoms in total. The summed E-state index contributed by atoms with van der Waals surface area (Å²) in [6.45, 7) is 0. The number of hydrogen-bond donors (Lipinski definition) is 0. The van der Waals surface area contributed by atoms with Crippen molar-refractivity contribution < 1.29 is 4.79 Å². The molecule has 2 saturated carbocycles. The van der Waals surface area contributed by atoms with Crippen molar-refractivity contribution in [2.75, 3.05) is 0 Å². The van der Waals surface area contributed by atoms with Gasteiger partial charge in [-0.25, -0.2) is 0 Å². The van der Waals surface area contributed by atoms with E-state index in [2.05, 4.69) is 24.3 Å². The lowest BCUT2D eigenvalue weighted by Gasteiger charge is -2.04. The number of ketones is 1. The maximum atomic E-state index is 11.6. The van der Waals surface area contributed by atoms with E-state index in [1.165, 1.54) is 12.0 Å². The number of allylic oxidation sites excluding steroid dienone is 1. The van der Waals surface area contributed by atoms with Crippen molar-refractivity contribution in [3.05, 3.63) is 42.0 Å². The number of benzene rings is 1. The number of fused-ring (bicyclic) bond motifs is 1. The van der Waals surface area contributed by atoms with E-state index < -0.39 is 0 Å². The topological polar surface area (TPSA) is 17.1 Å². The van der Waals surface area contributed by atoms with E-state index in [0.29, 0.717) is 23.5 Å². The Kier molecular flexibility index (Phi) is 2.39. The second-order valence-electron chi connectivity index (χ2n) is 4.90. The molecule has 0 aromatic heterocycles. The Bertz CT molecular complexity index is 418. The molecule has 0 amide bonds. The summed E-state index contributed by atoms with van der Waals surface area (Å²) in [6, 6.07) is 10.3. The van der Waals surface area contributed by atoms with E-state index in [9.17, 15) is 4.79 Å². The van der Waals surface area contributed by atoms with Crippen molar-refractivity contribution in [2.45, 2.75) is 19.3 Å². The average molecular weight is 212 g/mol. The number of rotatable bonds is 2. The molecule has 2 fully saturated rings. The molecule has 0 heterocycles. The second-order valence-corrected chi connectivity index (χ2v) is 4.90. The summed E-state index contributed by atoms with van der Waals surface area (Å²) in [4.78, 5) is 11.6. The van der Waals surface area contributed by atoms with Crippen molar-refractivity contribution >= 4 is 11.9 Å². The Hall–Kier alpha value is -1.37. The third-order valence-electron chi connectivity index (χ3n) is 3.87. The SMILES string of the molecule is O=C1CCC[C@H]2C(/C=C/c3ccccc3)[C@@H]12. The van der Waals surface area contributed by atoms with Crippen LogP contribution in [0, 0.1) is 17.8 Å². The van der Waals surface area contributed by atoms with E-state index in [-0.39, 0.29) is 0 Å². The van der Waals surface area contributed by atoms with Gasteiger partial charge in [0.2, 0.25) is 0 Å². The Labute approximate surface area is 96.2 Å². The highest BCUT2D eigenvalue weighted by molar-refractivity contribution is 5.86. The Morgan fingerprint density at radius 3 is 2.75 bits per heavy atom. The van der Waals surface area contributed by atoms with Gasteiger partial charge in [0.25, 0.3) is 0 Å². The maximum absolute atomic E-state index is 11.6. The molecule has 0 radical (unpaired) electrons. The van der Waals surface area contributed by atoms with Gasteiger partial charge in [-0.05, 0) is 30.2 Å². The van der Waals surface area contributed by atoms with E-state index in [4.69, 9.17) is 0 Å². The van der Waals surface area contributed by atoms with Gasteiger partial charge >= 0.3 is 0 Å². The smallest absolute Gasteiger partial charge is 0.136 e. The van der Waals surface area contributed by atoms with Crippen LogP contribution < -0.4 is 0 Å². The van der Waals surface area contributed by atoms with E-state index in [0.717, 1.165) is 12.8 Å². The Morgan fingerprint density at radius 2 is 2.00 bits per heavy atom.